The van der Waals surface area contributed by atoms with Gasteiger partial charge in [-0.3, -0.25) is 4.68 Å². The third-order valence-electron chi connectivity index (χ3n) is 3.84. The van der Waals surface area contributed by atoms with Crippen LogP contribution in [0.4, 0.5) is 0 Å². The molecule has 0 saturated heterocycles. The normalized spacial score (nSPS) is 15.9. The first-order valence-electron chi connectivity index (χ1n) is 7.83. The van der Waals surface area contributed by atoms with E-state index in [-0.39, 0.29) is 6.04 Å². The first-order chi connectivity index (χ1) is 10.0. The average Bonchev–Trinajstić information content (AvgIpc) is 3.10. The Morgan fingerprint density at radius 3 is 2.67 bits per heavy atom. The molecule has 0 aromatic carbocycles. The van der Waals surface area contributed by atoms with Crippen LogP contribution in [0.2, 0.25) is 0 Å². The zero-order chi connectivity index (χ0) is 15.0. The molecule has 1 aliphatic rings. The smallest absolute Gasteiger partial charge is 0.115 e. The third kappa shape index (κ3) is 3.04. The number of hydrogen-bond donors (Lipinski definition) is 1. The molecule has 2 aromatic rings. The topological polar surface area (TPSA) is 42.7 Å². The number of nitrogens with one attached hydrogen (secondary N) is 1. The standard InChI is InChI=1S/C16H24N4S/c1-10(2)18-15(12-8-17-20(9-12)11(3)4)16-19-13-6-5-7-14(13)21-16/h8-11,15,18H,5-7H2,1-4H3. The highest BCUT2D eigenvalue weighted by atomic mass is 32.1. The van der Waals surface area contributed by atoms with Crippen LogP contribution in [-0.2, 0) is 12.8 Å². The minimum Gasteiger partial charge on any atom is -0.302 e. The van der Waals surface area contributed by atoms with Crippen molar-refractivity contribution in [2.45, 2.75) is 65.1 Å². The second kappa shape index (κ2) is 5.89. The number of hydrogen-bond acceptors (Lipinski definition) is 4. The summed E-state index contributed by atoms with van der Waals surface area (Å²) in [4.78, 5) is 6.38. The second-order valence-corrected chi connectivity index (χ2v) is 7.49. The predicted molar refractivity (Wildman–Crippen MR) is 86.9 cm³/mol. The maximum absolute atomic E-state index is 4.89. The van der Waals surface area contributed by atoms with Gasteiger partial charge in [-0.2, -0.15) is 5.10 Å². The molecule has 0 fully saturated rings. The van der Waals surface area contributed by atoms with Crippen molar-refractivity contribution in [1.29, 1.82) is 0 Å². The molecule has 114 valence electrons. The van der Waals surface area contributed by atoms with E-state index >= 15 is 0 Å². The van der Waals surface area contributed by atoms with Gasteiger partial charge in [0.15, 0.2) is 0 Å². The number of nitrogens with zero attached hydrogens (tertiary/aromatic N) is 3. The van der Waals surface area contributed by atoms with Gasteiger partial charge in [0.1, 0.15) is 5.01 Å². The van der Waals surface area contributed by atoms with E-state index in [1.165, 1.54) is 34.0 Å². The van der Waals surface area contributed by atoms with Gasteiger partial charge in [-0.05, 0) is 47.0 Å². The molecule has 0 amide bonds. The summed E-state index contributed by atoms with van der Waals surface area (Å²) >= 11 is 1.87. The van der Waals surface area contributed by atoms with Crippen LogP contribution < -0.4 is 5.32 Å². The number of aromatic nitrogens is 3. The highest BCUT2D eigenvalue weighted by Gasteiger charge is 2.24. The Labute approximate surface area is 130 Å². The summed E-state index contributed by atoms with van der Waals surface area (Å²) in [6, 6.07) is 0.962. The summed E-state index contributed by atoms with van der Waals surface area (Å²) in [5.74, 6) is 0. The molecule has 21 heavy (non-hydrogen) atoms. The zero-order valence-electron chi connectivity index (χ0n) is 13.3. The molecule has 0 aliphatic heterocycles. The number of aryl methyl sites for hydroxylation is 2. The van der Waals surface area contributed by atoms with Crippen molar-refractivity contribution >= 4 is 11.3 Å². The number of thiazole rings is 1. The number of fused-ring (bicyclic) bond motifs is 1. The summed E-state index contributed by atoms with van der Waals surface area (Å²) in [5.41, 5.74) is 2.53. The van der Waals surface area contributed by atoms with Crippen LogP contribution in [0, 0.1) is 0 Å². The average molecular weight is 304 g/mol. The van der Waals surface area contributed by atoms with E-state index in [1.54, 1.807) is 0 Å². The molecule has 1 unspecified atom stereocenters. The summed E-state index contributed by atoms with van der Waals surface area (Å²) in [6.07, 6.45) is 7.74. The molecule has 0 spiro atoms. The fourth-order valence-electron chi connectivity index (χ4n) is 2.76. The summed E-state index contributed by atoms with van der Waals surface area (Å²) in [7, 11) is 0. The number of rotatable bonds is 5. The quantitative estimate of drug-likeness (QED) is 0.919. The van der Waals surface area contributed by atoms with Gasteiger partial charge in [0.25, 0.3) is 0 Å². The van der Waals surface area contributed by atoms with E-state index in [0.717, 1.165) is 6.42 Å². The predicted octanol–water partition coefficient (Wildman–Crippen LogP) is 3.50. The van der Waals surface area contributed by atoms with Crippen molar-refractivity contribution < 1.29 is 0 Å². The van der Waals surface area contributed by atoms with Crippen molar-refractivity contribution in [2.24, 2.45) is 0 Å². The van der Waals surface area contributed by atoms with E-state index in [0.29, 0.717) is 12.1 Å². The molecule has 0 saturated carbocycles. The summed E-state index contributed by atoms with van der Waals surface area (Å²) < 4.78 is 2.02. The highest BCUT2D eigenvalue weighted by Crippen LogP contribution is 2.33. The van der Waals surface area contributed by atoms with Crippen LogP contribution in [0.5, 0.6) is 0 Å². The van der Waals surface area contributed by atoms with Crippen molar-refractivity contribution in [2.75, 3.05) is 0 Å². The molecule has 2 aromatic heterocycles. The zero-order valence-corrected chi connectivity index (χ0v) is 14.1. The minimum absolute atomic E-state index is 0.160. The molecule has 1 aliphatic carbocycles. The van der Waals surface area contributed by atoms with Gasteiger partial charge in [-0.1, -0.05) is 0 Å². The molecule has 2 heterocycles. The Bertz CT molecular complexity index is 590. The lowest BCUT2D eigenvalue weighted by atomic mass is 10.1. The van der Waals surface area contributed by atoms with Crippen LogP contribution in [0.25, 0.3) is 0 Å². The summed E-state index contributed by atoms with van der Waals surface area (Å²) in [5, 5.41) is 9.33. The van der Waals surface area contributed by atoms with E-state index in [4.69, 9.17) is 4.98 Å². The molecule has 3 rings (SSSR count). The SMILES string of the molecule is CC(C)NC(c1cnn(C(C)C)c1)c1nc2c(s1)CCC2. The van der Waals surface area contributed by atoms with Crippen LogP contribution in [-0.4, -0.2) is 20.8 Å². The molecule has 0 radical (unpaired) electrons. The van der Waals surface area contributed by atoms with Crippen LogP contribution in [0.1, 0.15) is 67.3 Å². The Kier molecular flexibility index (Phi) is 4.13. The maximum atomic E-state index is 4.89. The largest absolute Gasteiger partial charge is 0.302 e. The lowest BCUT2D eigenvalue weighted by Crippen LogP contribution is -2.28. The van der Waals surface area contributed by atoms with Gasteiger partial charge in [0, 0.05) is 28.7 Å². The van der Waals surface area contributed by atoms with E-state index in [1.807, 2.05) is 22.2 Å². The first-order valence-corrected chi connectivity index (χ1v) is 8.65. The Morgan fingerprint density at radius 1 is 1.24 bits per heavy atom. The lowest BCUT2D eigenvalue weighted by Gasteiger charge is -2.18. The third-order valence-corrected chi connectivity index (χ3v) is 5.07. The van der Waals surface area contributed by atoms with Gasteiger partial charge in [-0.25, -0.2) is 4.98 Å². The Balaban J connectivity index is 1.92. The fraction of sp³-hybridized carbons (Fsp3) is 0.625. The lowest BCUT2D eigenvalue weighted by molar-refractivity contribution is 0.517. The van der Waals surface area contributed by atoms with Crippen molar-refractivity contribution in [3.63, 3.8) is 0 Å². The van der Waals surface area contributed by atoms with E-state index in [2.05, 4.69) is 44.3 Å². The van der Waals surface area contributed by atoms with Crippen LogP contribution >= 0.6 is 11.3 Å². The Hall–Kier alpha value is -1.20. The monoisotopic (exact) mass is 304 g/mol. The maximum Gasteiger partial charge on any atom is 0.115 e. The molecule has 1 atom stereocenters. The first kappa shape index (κ1) is 14.7. The molecule has 5 heteroatoms. The summed E-state index contributed by atoms with van der Waals surface area (Å²) in [6.45, 7) is 8.67. The fourth-order valence-corrected chi connectivity index (χ4v) is 4.00. The van der Waals surface area contributed by atoms with Crippen molar-refractivity contribution in [3.05, 3.63) is 33.5 Å². The molecular formula is C16H24N4S. The van der Waals surface area contributed by atoms with Gasteiger partial charge >= 0.3 is 0 Å². The minimum atomic E-state index is 0.160. The molecule has 0 bridgehead atoms. The molecule has 1 N–H and O–H groups in total. The van der Waals surface area contributed by atoms with Gasteiger partial charge in [0.2, 0.25) is 0 Å². The van der Waals surface area contributed by atoms with Crippen molar-refractivity contribution in [1.82, 2.24) is 20.1 Å². The van der Waals surface area contributed by atoms with Gasteiger partial charge in [0.05, 0.1) is 17.9 Å². The molecular weight excluding hydrogens is 280 g/mol. The van der Waals surface area contributed by atoms with Crippen molar-refractivity contribution in [3.8, 4) is 0 Å². The highest BCUT2D eigenvalue weighted by molar-refractivity contribution is 7.11. The van der Waals surface area contributed by atoms with Crippen LogP contribution in [0.15, 0.2) is 12.4 Å². The van der Waals surface area contributed by atoms with Gasteiger partial charge < -0.3 is 5.32 Å². The molecule has 4 nitrogen and oxygen atoms in total. The van der Waals surface area contributed by atoms with Crippen LogP contribution in [0.3, 0.4) is 0 Å². The van der Waals surface area contributed by atoms with E-state index in [9.17, 15) is 0 Å². The Morgan fingerprint density at radius 2 is 2.05 bits per heavy atom. The van der Waals surface area contributed by atoms with Gasteiger partial charge in [-0.15, -0.1) is 11.3 Å². The van der Waals surface area contributed by atoms with E-state index < -0.39 is 0 Å². The second-order valence-electron chi connectivity index (χ2n) is 6.38.